The highest BCUT2D eigenvalue weighted by Gasteiger charge is 2.29. The second kappa shape index (κ2) is 4.46. The van der Waals surface area contributed by atoms with Crippen LogP contribution in [0.2, 0.25) is 0 Å². The van der Waals surface area contributed by atoms with Gasteiger partial charge >= 0.3 is 0 Å². The predicted molar refractivity (Wildman–Crippen MR) is 60.2 cm³/mol. The minimum absolute atomic E-state index is 0.365. The zero-order valence-electron chi connectivity index (χ0n) is 10.1. The molecule has 0 amide bonds. The number of hydrogen-bond donors (Lipinski definition) is 0. The molecule has 1 nitrogen and oxygen atoms in total. The number of carbonyl (C=O) groups excluding carboxylic acids is 1. The van der Waals surface area contributed by atoms with Crippen molar-refractivity contribution in [3.63, 3.8) is 0 Å². The maximum Gasteiger partial charge on any atom is 0.130 e. The Hall–Kier alpha value is -0.330. The highest BCUT2D eigenvalue weighted by atomic mass is 16.1. The molecule has 0 radical (unpaired) electrons. The van der Waals surface area contributed by atoms with Gasteiger partial charge in [-0.2, -0.15) is 0 Å². The summed E-state index contributed by atoms with van der Waals surface area (Å²) in [5, 5.41) is 0. The Balaban J connectivity index is 2.35. The van der Waals surface area contributed by atoms with E-state index < -0.39 is 0 Å². The number of ketones is 1. The summed E-state index contributed by atoms with van der Waals surface area (Å²) in [6.07, 6.45) is 5.99. The van der Waals surface area contributed by atoms with Crippen LogP contribution >= 0.6 is 0 Å². The Bertz CT molecular complexity index is 192. The van der Waals surface area contributed by atoms with E-state index in [9.17, 15) is 4.79 Å². The third kappa shape index (κ3) is 3.43. The molecule has 1 fully saturated rings. The van der Waals surface area contributed by atoms with E-state index in [1.165, 1.54) is 25.7 Å². The Morgan fingerprint density at radius 1 is 1.14 bits per heavy atom. The van der Waals surface area contributed by atoms with E-state index in [4.69, 9.17) is 0 Å². The fourth-order valence-electron chi connectivity index (χ4n) is 2.64. The number of hydrogen-bond acceptors (Lipinski definition) is 1. The summed E-state index contributed by atoms with van der Waals surface area (Å²) in [6.45, 7) is 8.73. The number of Topliss-reactive ketones (excluding diaryl/α,β-unsaturated/α-hetero) is 1. The lowest BCUT2D eigenvalue weighted by Crippen LogP contribution is -2.26. The molecule has 0 N–H and O–H groups in total. The van der Waals surface area contributed by atoms with Crippen molar-refractivity contribution in [2.45, 2.75) is 59.8 Å². The van der Waals surface area contributed by atoms with Crippen LogP contribution in [0.15, 0.2) is 0 Å². The number of carbonyl (C=O) groups is 1. The lowest BCUT2D eigenvalue weighted by molar-refractivity contribution is -0.118. The van der Waals surface area contributed by atoms with Crippen LogP contribution < -0.4 is 0 Å². The molecule has 0 aliphatic heterocycles. The summed E-state index contributed by atoms with van der Waals surface area (Å²) in [6, 6.07) is 0. The van der Waals surface area contributed by atoms with Gasteiger partial charge in [-0.3, -0.25) is 0 Å². The molecule has 0 atom stereocenters. The molecular formula is C13H24O. The first-order valence-electron chi connectivity index (χ1n) is 5.89. The molecule has 1 aliphatic carbocycles. The van der Waals surface area contributed by atoms with Gasteiger partial charge in [0, 0.05) is 6.42 Å². The lowest BCUT2D eigenvalue weighted by Gasteiger charge is -2.36. The summed E-state index contributed by atoms with van der Waals surface area (Å²) >= 11 is 0. The van der Waals surface area contributed by atoms with Gasteiger partial charge in [-0.25, -0.2) is 0 Å². The summed E-state index contributed by atoms with van der Waals surface area (Å²) < 4.78 is 0. The summed E-state index contributed by atoms with van der Waals surface area (Å²) in [5.41, 5.74) is 0.460. The van der Waals surface area contributed by atoms with Gasteiger partial charge in [0.15, 0.2) is 0 Å². The van der Waals surface area contributed by atoms with Crippen molar-refractivity contribution in [1.82, 2.24) is 0 Å². The quantitative estimate of drug-likeness (QED) is 0.656. The van der Waals surface area contributed by atoms with Crippen LogP contribution in [0.4, 0.5) is 0 Å². The van der Waals surface area contributed by atoms with Gasteiger partial charge in [0.25, 0.3) is 0 Å². The molecule has 1 aliphatic rings. The van der Waals surface area contributed by atoms with Crippen LogP contribution in [-0.2, 0) is 4.79 Å². The van der Waals surface area contributed by atoms with E-state index in [0.717, 1.165) is 12.3 Å². The Kier molecular flexibility index (Phi) is 3.74. The Labute approximate surface area is 88.3 Å². The molecule has 0 saturated heterocycles. The molecule has 0 unspecified atom stereocenters. The van der Waals surface area contributed by atoms with Crippen molar-refractivity contribution < 1.29 is 4.79 Å². The summed E-state index contributed by atoms with van der Waals surface area (Å²) in [4.78, 5) is 11.0. The second-order valence-corrected chi connectivity index (χ2v) is 5.99. The Morgan fingerprint density at radius 2 is 1.64 bits per heavy atom. The van der Waals surface area contributed by atoms with Gasteiger partial charge in [0.1, 0.15) is 5.78 Å². The molecule has 1 saturated carbocycles. The van der Waals surface area contributed by atoms with Crippen LogP contribution in [0.3, 0.4) is 0 Å². The van der Waals surface area contributed by atoms with Crippen molar-refractivity contribution in [3.05, 3.63) is 0 Å². The first kappa shape index (κ1) is 11.7. The van der Waals surface area contributed by atoms with Gasteiger partial charge in [-0.15, -0.1) is 0 Å². The second-order valence-electron chi connectivity index (χ2n) is 5.99. The van der Waals surface area contributed by atoms with Crippen molar-refractivity contribution in [2.75, 3.05) is 0 Å². The van der Waals surface area contributed by atoms with Gasteiger partial charge in [-0.1, -0.05) is 20.8 Å². The van der Waals surface area contributed by atoms with E-state index in [1.54, 1.807) is 6.92 Å². The molecule has 1 heteroatoms. The van der Waals surface area contributed by atoms with Crippen molar-refractivity contribution >= 4 is 5.78 Å². The summed E-state index contributed by atoms with van der Waals surface area (Å²) in [5.74, 6) is 1.92. The highest BCUT2D eigenvalue weighted by Crippen LogP contribution is 2.40. The third-order valence-electron chi connectivity index (χ3n) is 3.65. The molecule has 0 bridgehead atoms. The Morgan fingerprint density at radius 3 is 2.00 bits per heavy atom. The largest absolute Gasteiger partial charge is 0.300 e. The molecule has 14 heavy (non-hydrogen) atoms. The van der Waals surface area contributed by atoms with Crippen molar-refractivity contribution in [1.29, 1.82) is 0 Å². The molecule has 0 aromatic heterocycles. The van der Waals surface area contributed by atoms with Crippen LogP contribution in [0.1, 0.15) is 59.8 Å². The zero-order chi connectivity index (χ0) is 10.8. The standard InChI is InChI=1S/C13H24O/c1-10(14)9-11-5-7-12(8-6-11)13(2,3)4/h11-12H,5-9H2,1-4H3. The molecular weight excluding hydrogens is 172 g/mol. The first-order chi connectivity index (χ1) is 6.39. The van der Waals surface area contributed by atoms with Crippen LogP contribution in [0, 0.1) is 17.3 Å². The van der Waals surface area contributed by atoms with E-state index in [2.05, 4.69) is 20.8 Å². The average Bonchev–Trinajstić information content (AvgIpc) is 2.02. The molecule has 82 valence electrons. The third-order valence-corrected chi connectivity index (χ3v) is 3.65. The monoisotopic (exact) mass is 196 g/mol. The maximum absolute atomic E-state index is 11.0. The molecule has 0 aromatic carbocycles. The normalized spacial score (nSPS) is 28.9. The minimum Gasteiger partial charge on any atom is -0.300 e. The minimum atomic E-state index is 0.365. The van der Waals surface area contributed by atoms with Gasteiger partial charge in [0.2, 0.25) is 0 Å². The topological polar surface area (TPSA) is 17.1 Å². The molecule has 1 rings (SSSR count). The maximum atomic E-state index is 11.0. The van der Waals surface area contributed by atoms with Crippen LogP contribution in [-0.4, -0.2) is 5.78 Å². The van der Waals surface area contributed by atoms with Crippen LogP contribution in [0.25, 0.3) is 0 Å². The predicted octanol–water partition coefficient (Wildman–Crippen LogP) is 3.82. The van der Waals surface area contributed by atoms with E-state index in [0.29, 0.717) is 17.1 Å². The fourth-order valence-corrected chi connectivity index (χ4v) is 2.64. The molecule has 0 aromatic rings. The smallest absolute Gasteiger partial charge is 0.130 e. The zero-order valence-corrected chi connectivity index (χ0v) is 10.1. The number of rotatable bonds is 2. The highest BCUT2D eigenvalue weighted by molar-refractivity contribution is 5.75. The summed E-state index contributed by atoms with van der Waals surface area (Å²) in [7, 11) is 0. The van der Waals surface area contributed by atoms with Gasteiger partial charge in [0.05, 0.1) is 0 Å². The van der Waals surface area contributed by atoms with Crippen LogP contribution in [0.5, 0.6) is 0 Å². The van der Waals surface area contributed by atoms with E-state index >= 15 is 0 Å². The molecule has 0 spiro atoms. The fraction of sp³-hybridized carbons (Fsp3) is 0.923. The van der Waals surface area contributed by atoms with E-state index in [1.807, 2.05) is 0 Å². The van der Waals surface area contributed by atoms with E-state index in [-0.39, 0.29) is 0 Å². The lowest BCUT2D eigenvalue weighted by atomic mass is 9.69. The van der Waals surface area contributed by atoms with Gasteiger partial charge in [-0.05, 0) is 49.9 Å². The first-order valence-corrected chi connectivity index (χ1v) is 5.89. The SMILES string of the molecule is CC(=O)CC1CCC(C(C)(C)C)CC1. The van der Waals surface area contributed by atoms with Crippen molar-refractivity contribution in [2.24, 2.45) is 17.3 Å². The van der Waals surface area contributed by atoms with Crippen molar-refractivity contribution in [3.8, 4) is 0 Å². The molecule has 0 heterocycles. The van der Waals surface area contributed by atoms with Gasteiger partial charge < -0.3 is 4.79 Å². The average molecular weight is 196 g/mol.